The Morgan fingerprint density at radius 1 is 1.09 bits per heavy atom. The van der Waals surface area contributed by atoms with E-state index < -0.39 is 6.03 Å². The van der Waals surface area contributed by atoms with E-state index in [2.05, 4.69) is 20.8 Å². The van der Waals surface area contributed by atoms with Crippen LogP contribution in [0.25, 0.3) is 16.7 Å². The van der Waals surface area contributed by atoms with Crippen LogP contribution in [0.15, 0.2) is 59.4 Å². The van der Waals surface area contributed by atoms with Crippen LogP contribution in [0.1, 0.15) is 26.5 Å². The molecule has 2 aromatic heterocycles. The Balaban J connectivity index is 1.41. The monoisotopic (exact) mass is 450 g/mol. The molecule has 9 nitrogen and oxygen atoms in total. The van der Waals surface area contributed by atoms with Crippen molar-refractivity contribution in [2.45, 2.75) is 26.2 Å². The molecule has 0 bridgehead atoms. The minimum absolute atomic E-state index is 0.183. The number of fused-ring (bicyclic) bond motifs is 1. The van der Waals surface area contributed by atoms with Crippen LogP contribution in [0.4, 0.5) is 16.3 Å². The smallest absolute Gasteiger partial charge is 0.324 e. The van der Waals surface area contributed by atoms with Gasteiger partial charge in [-0.3, -0.25) is 5.32 Å². The molecule has 2 aromatic carbocycles. The second-order valence-electron chi connectivity index (χ2n) is 8.62. The number of methoxy groups -OCH3 is 1. The van der Waals surface area contributed by atoms with E-state index in [1.165, 1.54) is 0 Å². The lowest BCUT2D eigenvalue weighted by molar-refractivity contribution is -0.567. The average Bonchev–Trinajstić information content (AvgIpc) is 3.41. The normalized spacial score (nSPS) is 11.5. The SMILES string of the molecule is COCCOc1ccc2c(c1)[nH]c[n+]2-c1ccc(NC(=O)Nc2cc(C(C)(C)C)on2)cc1. The number of imidazole rings is 1. The molecule has 2 amide bonds. The van der Waals surface area contributed by atoms with Crippen molar-refractivity contribution < 1.29 is 23.4 Å². The van der Waals surface area contributed by atoms with Crippen molar-refractivity contribution >= 4 is 28.6 Å². The molecule has 0 saturated heterocycles. The largest absolute Gasteiger partial charge is 0.491 e. The van der Waals surface area contributed by atoms with Crippen LogP contribution in [0.3, 0.4) is 0 Å². The van der Waals surface area contributed by atoms with E-state index in [0.29, 0.717) is 30.5 Å². The molecule has 0 aliphatic rings. The molecule has 0 saturated carbocycles. The maximum absolute atomic E-state index is 12.3. The lowest BCUT2D eigenvalue weighted by Gasteiger charge is -2.12. The van der Waals surface area contributed by atoms with Crippen LogP contribution in [0.5, 0.6) is 5.75 Å². The van der Waals surface area contributed by atoms with Gasteiger partial charge in [0.05, 0.1) is 6.61 Å². The van der Waals surface area contributed by atoms with Gasteiger partial charge in [0.15, 0.2) is 16.9 Å². The Morgan fingerprint density at radius 2 is 1.88 bits per heavy atom. The highest BCUT2D eigenvalue weighted by molar-refractivity contribution is 5.99. The highest BCUT2D eigenvalue weighted by atomic mass is 16.5. The van der Waals surface area contributed by atoms with Crippen LogP contribution in [0.2, 0.25) is 0 Å². The Bertz CT molecular complexity index is 1240. The first-order chi connectivity index (χ1) is 15.8. The van der Waals surface area contributed by atoms with E-state index in [0.717, 1.165) is 22.5 Å². The fraction of sp³-hybridized carbons (Fsp3) is 0.292. The second-order valence-corrected chi connectivity index (χ2v) is 8.62. The molecule has 2 heterocycles. The van der Waals surface area contributed by atoms with Crippen molar-refractivity contribution in [1.82, 2.24) is 10.1 Å². The molecule has 0 aliphatic heterocycles. The Hall–Kier alpha value is -3.85. The summed E-state index contributed by atoms with van der Waals surface area (Å²) in [5, 5.41) is 9.39. The molecule has 4 aromatic rings. The lowest BCUT2D eigenvalue weighted by Crippen LogP contribution is -2.28. The van der Waals surface area contributed by atoms with Gasteiger partial charge < -0.3 is 19.3 Å². The summed E-state index contributed by atoms with van der Waals surface area (Å²) in [4.78, 5) is 15.6. The third kappa shape index (κ3) is 5.32. The topological polar surface area (TPSA) is 105 Å². The van der Waals surface area contributed by atoms with Gasteiger partial charge in [-0.05, 0) is 36.4 Å². The lowest BCUT2D eigenvalue weighted by atomic mass is 9.93. The summed E-state index contributed by atoms with van der Waals surface area (Å²) in [5.74, 6) is 1.85. The number of nitrogens with zero attached hydrogens (tertiary/aromatic N) is 2. The molecule has 4 rings (SSSR count). The van der Waals surface area contributed by atoms with Gasteiger partial charge in [0.1, 0.15) is 23.8 Å². The number of anilines is 2. The highest BCUT2D eigenvalue weighted by Gasteiger charge is 2.20. The van der Waals surface area contributed by atoms with E-state index in [-0.39, 0.29) is 5.41 Å². The predicted molar refractivity (Wildman–Crippen MR) is 125 cm³/mol. The van der Waals surface area contributed by atoms with Crippen LogP contribution in [-0.2, 0) is 10.2 Å². The molecular weight excluding hydrogens is 422 g/mol. The molecule has 33 heavy (non-hydrogen) atoms. The number of hydrogen-bond donors (Lipinski definition) is 3. The summed E-state index contributed by atoms with van der Waals surface area (Å²) in [6.07, 6.45) is 1.89. The van der Waals surface area contributed by atoms with Gasteiger partial charge in [0.25, 0.3) is 0 Å². The number of nitrogens with one attached hydrogen (secondary N) is 3. The number of benzene rings is 2. The first-order valence-corrected chi connectivity index (χ1v) is 10.6. The first-order valence-electron chi connectivity index (χ1n) is 10.6. The molecule has 0 spiro atoms. The van der Waals surface area contributed by atoms with E-state index in [4.69, 9.17) is 14.0 Å². The third-order valence-electron chi connectivity index (χ3n) is 5.03. The summed E-state index contributed by atoms with van der Waals surface area (Å²) in [7, 11) is 1.65. The fourth-order valence-electron chi connectivity index (χ4n) is 3.26. The zero-order valence-corrected chi connectivity index (χ0v) is 19.1. The van der Waals surface area contributed by atoms with Crippen molar-refractivity contribution in [2.75, 3.05) is 31.0 Å². The zero-order valence-electron chi connectivity index (χ0n) is 19.1. The van der Waals surface area contributed by atoms with E-state index >= 15 is 0 Å². The summed E-state index contributed by atoms with van der Waals surface area (Å²) >= 11 is 0. The Labute approximate surface area is 191 Å². The third-order valence-corrected chi connectivity index (χ3v) is 5.03. The number of carbonyl (C=O) groups is 1. The summed E-state index contributed by atoms with van der Waals surface area (Å²) < 4.78 is 18.0. The van der Waals surface area contributed by atoms with Crippen molar-refractivity contribution in [3.8, 4) is 11.4 Å². The molecule has 0 unspecified atom stereocenters. The van der Waals surface area contributed by atoms with Crippen molar-refractivity contribution in [3.63, 3.8) is 0 Å². The number of amides is 2. The van der Waals surface area contributed by atoms with Crippen molar-refractivity contribution in [3.05, 3.63) is 60.6 Å². The van der Waals surface area contributed by atoms with Gasteiger partial charge >= 0.3 is 6.03 Å². The van der Waals surface area contributed by atoms with Gasteiger partial charge in [-0.15, -0.1) is 0 Å². The van der Waals surface area contributed by atoms with Crippen LogP contribution >= 0.6 is 0 Å². The number of urea groups is 1. The molecule has 0 fully saturated rings. The van der Waals surface area contributed by atoms with Gasteiger partial charge in [-0.1, -0.05) is 25.9 Å². The maximum Gasteiger partial charge on any atom is 0.324 e. The predicted octanol–water partition coefficient (Wildman–Crippen LogP) is 4.40. The number of hydrogen-bond acceptors (Lipinski definition) is 5. The van der Waals surface area contributed by atoms with Crippen molar-refractivity contribution in [2.24, 2.45) is 0 Å². The van der Waals surface area contributed by atoms with Gasteiger partial charge in [-0.2, -0.15) is 4.57 Å². The fourth-order valence-corrected chi connectivity index (χ4v) is 3.26. The maximum atomic E-state index is 12.3. The number of aromatic nitrogens is 3. The van der Waals surface area contributed by atoms with Crippen LogP contribution in [0, 0.1) is 0 Å². The minimum atomic E-state index is -0.391. The van der Waals surface area contributed by atoms with Gasteiger partial charge in [0, 0.05) is 30.3 Å². The summed E-state index contributed by atoms with van der Waals surface area (Å²) in [6, 6.07) is 14.8. The molecule has 0 aliphatic carbocycles. The number of carbonyl (C=O) groups excluding carboxylic acids is 1. The average molecular weight is 451 g/mol. The van der Waals surface area contributed by atoms with Gasteiger partial charge in [-0.25, -0.2) is 9.78 Å². The number of aromatic amines is 1. The molecule has 0 atom stereocenters. The van der Waals surface area contributed by atoms with E-state index in [1.807, 2.05) is 74.1 Å². The van der Waals surface area contributed by atoms with E-state index in [9.17, 15) is 4.79 Å². The number of ether oxygens (including phenoxy) is 2. The zero-order chi connectivity index (χ0) is 23.4. The van der Waals surface area contributed by atoms with Crippen LogP contribution in [-0.4, -0.2) is 36.5 Å². The standard InChI is InChI=1S/C24H27N5O4/c1-24(2,3)21-14-22(28-33-21)27-23(30)26-16-5-7-17(8-6-16)29-15-25-19-13-18(9-10-20(19)29)32-12-11-31-4/h5-10,13-15H,11-12H2,1-4H3,(H2,26,27,28,30)/p+1. The molecule has 3 N–H and O–H groups in total. The van der Waals surface area contributed by atoms with Crippen molar-refractivity contribution in [1.29, 1.82) is 0 Å². The highest BCUT2D eigenvalue weighted by Crippen LogP contribution is 2.24. The second kappa shape index (κ2) is 9.33. The summed E-state index contributed by atoms with van der Waals surface area (Å²) in [6.45, 7) is 7.08. The minimum Gasteiger partial charge on any atom is -0.491 e. The molecule has 9 heteroatoms. The Morgan fingerprint density at radius 3 is 2.58 bits per heavy atom. The molecular formula is C24H28N5O4+. The first kappa shape index (κ1) is 22.3. The summed E-state index contributed by atoms with van der Waals surface area (Å²) in [5.41, 5.74) is 3.39. The van der Waals surface area contributed by atoms with Crippen LogP contribution < -0.4 is 19.9 Å². The number of H-pyrrole nitrogens is 1. The Kier molecular flexibility index (Phi) is 6.32. The number of rotatable bonds is 7. The quantitative estimate of drug-likeness (QED) is 0.286. The van der Waals surface area contributed by atoms with Gasteiger partial charge in [0.2, 0.25) is 6.33 Å². The molecule has 172 valence electrons. The molecule has 0 radical (unpaired) electrons. The van der Waals surface area contributed by atoms with E-state index in [1.54, 1.807) is 13.2 Å².